The zero-order valence-corrected chi connectivity index (χ0v) is 14.3. The number of urea groups is 1. The summed E-state index contributed by atoms with van der Waals surface area (Å²) in [6.07, 6.45) is 3.32. The van der Waals surface area contributed by atoms with Crippen LogP contribution in [0.4, 0.5) is 4.79 Å². The average Bonchev–Trinajstić information content (AvgIpc) is 2.58. The van der Waals surface area contributed by atoms with Crippen molar-refractivity contribution < 1.29 is 19.0 Å². The van der Waals surface area contributed by atoms with Gasteiger partial charge >= 0.3 is 6.03 Å². The number of likely N-dealkylation sites (tertiary alicyclic amines) is 1. The predicted molar refractivity (Wildman–Crippen MR) is 88.4 cm³/mol. The second kappa shape index (κ2) is 7.94. The normalized spacial score (nSPS) is 17.6. The van der Waals surface area contributed by atoms with Crippen LogP contribution in [-0.4, -0.2) is 44.8 Å². The average molecular weight is 322 g/mol. The highest BCUT2D eigenvalue weighted by molar-refractivity contribution is 5.74. The molecule has 1 N–H and O–H groups in total. The highest BCUT2D eigenvalue weighted by atomic mass is 16.5. The highest BCUT2D eigenvalue weighted by Crippen LogP contribution is 2.39. The monoisotopic (exact) mass is 322 g/mol. The lowest BCUT2D eigenvalue weighted by molar-refractivity contribution is 0.157. The van der Waals surface area contributed by atoms with Crippen molar-refractivity contribution in [3.05, 3.63) is 17.7 Å². The maximum Gasteiger partial charge on any atom is 0.317 e. The Labute approximate surface area is 137 Å². The number of benzene rings is 1. The van der Waals surface area contributed by atoms with Crippen LogP contribution >= 0.6 is 0 Å². The van der Waals surface area contributed by atoms with Gasteiger partial charge in [-0.1, -0.05) is 0 Å². The van der Waals surface area contributed by atoms with Gasteiger partial charge in [0.25, 0.3) is 0 Å². The van der Waals surface area contributed by atoms with Crippen molar-refractivity contribution in [2.45, 2.75) is 38.8 Å². The van der Waals surface area contributed by atoms with Crippen molar-refractivity contribution in [1.82, 2.24) is 10.2 Å². The van der Waals surface area contributed by atoms with Gasteiger partial charge in [0.2, 0.25) is 5.75 Å². The zero-order valence-electron chi connectivity index (χ0n) is 14.3. The molecule has 0 aliphatic carbocycles. The Hall–Kier alpha value is -2.11. The first-order valence-corrected chi connectivity index (χ1v) is 7.94. The molecule has 6 heteroatoms. The van der Waals surface area contributed by atoms with Gasteiger partial charge in [-0.05, 0) is 38.3 Å². The number of rotatable bonds is 5. The minimum Gasteiger partial charge on any atom is -0.493 e. The van der Waals surface area contributed by atoms with E-state index in [0.29, 0.717) is 23.8 Å². The van der Waals surface area contributed by atoms with Crippen molar-refractivity contribution in [2.75, 3.05) is 27.9 Å². The molecule has 1 saturated heterocycles. The van der Waals surface area contributed by atoms with E-state index in [1.807, 2.05) is 17.0 Å². The molecule has 0 spiro atoms. The van der Waals surface area contributed by atoms with Crippen LogP contribution in [0.15, 0.2) is 12.1 Å². The zero-order chi connectivity index (χ0) is 16.8. The number of carbonyl (C=O) groups excluding carboxylic acids is 1. The van der Waals surface area contributed by atoms with Crippen LogP contribution in [0.1, 0.15) is 31.7 Å². The molecule has 23 heavy (non-hydrogen) atoms. The summed E-state index contributed by atoms with van der Waals surface area (Å²) < 4.78 is 16.1. The van der Waals surface area contributed by atoms with Gasteiger partial charge in [-0.25, -0.2) is 4.79 Å². The summed E-state index contributed by atoms with van der Waals surface area (Å²) >= 11 is 0. The largest absolute Gasteiger partial charge is 0.493 e. The van der Waals surface area contributed by atoms with Gasteiger partial charge in [0, 0.05) is 24.7 Å². The summed E-state index contributed by atoms with van der Waals surface area (Å²) in [5.41, 5.74) is 0.850. The third-order valence-electron chi connectivity index (χ3n) is 4.28. The van der Waals surface area contributed by atoms with Crippen LogP contribution in [0.3, 0.4) is 0 Å². The number of piperidine rings is 1. The fraction of sp³-hybridized carbons (Fsp3) is 0.588. The number of hydrogen-bond acceptors (Lipinski definition) is 4. The van der Waals surface area contributed by atoms with E-state index in [1.165, 1.54) is 6.42 Å². The van der Waals surface area contributed by atoms with E-state index in [-0.39, 0.29) is 12.1 Å². The van der Waals surface area contributed by atoms with Gasteiger partial charge in [0.05, 0.1) is 21.3 Å². The smallest absolute Gasteiger partial charge is 0.317 e. The Morgan fingerprint density at radius 3 is 2.52 bits per heavy atom. The number of amides is 2. The Balaban J connectivity index is 2.09. The van der Waals surface area contributed by atoms with Gasteiger partial charge in [-0.2, -0.15) is 0 Å². The van der Waals surface area contributed by atoms with E-state index < -0.39 is 0 Å². The van der Waals surface area contributed by atoms with Crippen molar-refractivity contribution in [3.63, 3.8) is 0 Å². The molecule has 1 aromatic carbocycles. The van der Waals surface area contributed by atoms with E-state index in [9.17, 15) is 4.79 Å². The first-order chi connectivity index (χ1) is 11.1. The van der Waals surface area contributed by atoms with Gasteiger partial charge in [-0.3, -0.25) is 0 Å². The molecule has 1 aliphatic heterocycles. The first-order valence-electron chi connectivity index (χ1n) is 7.94. The number of methoxy groups -OCH3 is 3. The minimum atomic E-state index is -0.0333. The predicted octanol–water partition coefficient (Wildman–Crippen LogP) is 2.80. The minimum absolute atomic E-state index is 0.0333. The van der Waals surface area contributed by atoms with Crippen LogP contribution in [-0.2, 0) is 6.54 Å². The molecular formula is C17H26N2O4. The molecule has 0 aromatic heterocycles. The summed E-state index contributed by atoms with van der Waals surface area (Å²) in [4.78, 5) is 14.3. The molecule has 2 amide bonds. The Bertz CT molecular complexity index is 548. The number of hydrogen-bond donors (Lipinski definition) is 1. The lowest BCUT2D eigenvalue weighted by Gasteiger charge is -2.33. The molecule has 0 radical (unpaired) electrons. The fourth-order valence-corrected chi connectivity index (χ4v) is 2.97. The van der Waals surface area contributed by atoms with Crippen molar-refractivity contribution in [2.24, 2.45) is 0 Å². The van der Waals surface area contributed by atoms with Crippen LogP contribution in [0.5, 0.6) is 17.2 Å². The lowest BCUT2D eigenvalue weighted by atomic mass is 10.0. The summed E-state index contributed by atoms with van der Waals surface area (Å²) in [5, 5.41) is 2.97. The molecule has 0 saturated carbocycles. The van der Waals surface area contributed by atoms with Gasteiger partial charge < -0.3 is 24.4 Å². The second-order valence-electron chi connectivity index (χ2n) is 5.69. The molecule has 1 aliphatic rings. The first kappa shape index (κ1) is 17.2. The third kappa shape index (κ3) is 3.81. The quantitative estimate of drug-likeness (QED) is 0.905. The SMILES string of the molecule is COc1ccc(CNC(=O)N2CCCC[C@H]2C)c(OC)c1OC. The van der Waals surface area contributed by atoms with Crippen LogP contribution < -0.4 is 19.5 Å². The summed E-state index contributed by atoms with van der Waals surface area (Å²) in [6.45, 7) is 3.29. The number of nitrogens with zero attached hydrogens (tertiary/aromatic N) is 1. The molecular weight excluding hydrogens is 296 g/mol. The molecule has 0 bridgehead atoms. The van der Waals surface area contributed by atoms with Crippen molar-refractivity contribution in [3.8, 4) is 17.2 Å². The van der Waals surface area contributed by atoms with Gasteiger partial charge in [0.1, 0.15) is 0 Å². The Kier molecular flexibility index (Phi) is 5.96. The number of nitrogens with one attached hydrogen (secondary N) is 1. The van der Waals surface area contributed by atoms with Crippen LogP contribution in [0.2, 0.25) is 0 Å². The molecule has 1 fully saturated rings. The second-order valence-corrected chi connectivity index (χ2v) is 5.69. The van der Waals surface area contributed by atoms with E-state index in [1.54, 1.807) is 21.3 Å². The van der Waals surface area contributed by atoms with E-state index >= 15 is 0 Å². The Morgan fingerprint density at radius 1 is 1.17 bits per heavy atom. The van der Waals surface area contributed by atoms with Gasteiger partial charge in [0.15, 0.2) is 11.5 Å². The molecule has 2 rings (SSSR count). The third-order valence-corrected chi connectivity index (χ3v) is 4.28. The number of carbonyl (C=O) groups is 1. The Morgan fingerprint density at radius 2 is 1.91 bits per heavy atom. The van der Waals surface area contributed by atoms with E-state index in [2.05, 4.69) is 12.2 Å². The topological polar surface area (TPSA) is 60.0 Å². The molecule has 6 nitrogen and oxygen atoms in total. The van der Waals surface area contributed by atoms with Crippen molar-refractivity contribution in [1.29, 1.82) is 0 Å². The van der Waals surface area contributed by atoms with Crippen LogP contribution in [0.25, 0.3) is 0 Å². The summed E-state index contributed by atoms with van der Waals surface area (Å²) in [5.74, 6) is 1.72. The lowest BCUT2D eigenvalue weighted by Crippen LogP contribution is -2.47. The standard InChI is InChI=1S/C17H26N2O4/c1-12-7-5-6-10-19(12)17(20)18-11-13-8-9-14(21-2)16(23-4)15(13)22-3/h8-9,12H,5-7,10-11H2,1-4H3,(H,18,20)/t12-/m1/s1. The molecule has 0 unspecified atom stereocenters. The highest BCUT2D eigenvalue weighted by Gasteiger charge is 2.23. The maximum atomic E-state index is 12.4. The van der Waals surface area contributed by atoms with E-state index in [4.69, 9.17) is 14.2 Å². The summed E-state index contributed by atoms with van der Waals surface area (Å²) in [7, 11) is 4.73. The maximum absolute atomic E-state index is 12.4. The molecule has 128 valence electrons. The molecule has 1 atom stereocenters. The van der Waals surface area contributed by atoms with Crippen LogP contribution in [0, 0.1) is 0 Å². The molecule has 1 heterocycles. The van der Waals surface area contributed by atoms with Gasteiger partial charge in [-0.15, -0.1) is 0 Å². The van der Waals surface area contributed by atoms with Crippen molar-refractivity contribution >= 4 is 6.03 Å². The summed E-state index contributed by atoms with van der Waals surface area (Å²) in [6, 6.07) is 3.94. The fourth-order valence-electron chi connectivity index (χ4n) is 2.97. The van der Waals surface area contributed by atoms with E-state index in [0.717, 1.165) is 24.9 Å². The molecule has 1 aromatic rings. The number of ether oxygens (including phenoxy) is 3.